The molecule has 1 atom stereocenters. The van der Waals surface area contributed by atoms with Gasteiger partial charge in [0, 0.05) is 5.75 Å². The Balaban J connectivity index is 1.91. The topological polar surface area (TPSA) is 63.6 Å². The average Bonchev–Trinajstić information content (AvgIpc) is 2.85. The predicted molar refractivity (Wildman–Crippen MR) is 73.5 cm³/mol. The first-order valence-electron chi connectivity index (χ1n) is 6.60. The van der Waals surface area contributed by atoms with Crippen LogP contribution in [0.1, 0.15) is 42.6 Å². The summed E-state index contributed by atoms with van der Waals surface area (Å²) < 4.78 is 28.1. The van der Waals surface area contributed by atoms with Crippen molar-refractivity contribution >= 4 is 9.84 Å². The Morgan fingerprint density at radius 3 is 2.79 bits per heavy atom. The molecule has 0 aromatic heterocycles. The van der Waals surface area contributed by atoms with Crippen LogP contribution in [-0.2, 0) is 27.8 Å². The Hall–Kier alpha value is -0.910. The van der Waals surface area contributed by atoms with Crippen LogP contribution in [0.2, 0.25) is 0 Å². The normalized spacial score (nSPS) is 16.3. The summed E-state index contributed by atoms with van der Waals surface area (Å²) in [6, 6.07) is 5.83. The van der Waals surface area contributed by atoms with Crippen molar-refractivity contribution < 1.29 is 18.3 Å². The summed E-state index contributed by atoms with van der Waals surface area (Å²) in [7, 11) is -2.94. The lowest BCUT2D eigenvalue weighted by molar-refractivity contribution is 0.134. The molecular weight excluding hydrogens is 264 g/mol. The van der Waals surface area contributed by atoms with Crippen molar-refractivity contribution in [3.8, 4) is 0 Å². The monoisotopic (exact) mass is 284 g/mol. The van der Waals surface area contributed by atoms with Gasteiger partial charge in [0.1, 0.15) is 9.84 Å². The van der Waals surface area contributed by atoms with Crippen LogP contribution >= 0.6 is 0 Å². The fraction of sp³-hybridized carbons (Fsp3) is 0.571. The van der Waals surface area contributed by atoms with E-state index in [1.165, 1.54) is 5.56 Å². The van der Waals surface area contributed by atoms with Gasteiger partial charge in [-0.15, -0.1) is 0 Å². The average molecular weight is 284 g/mol. The van der Waals surface area contributed by atoms with E-state index < -0.39 is 15.9 Å². The summed E-state index contributed by atoms with van der Waals surface area (Å²) >= 11 is 0. The van der Waals surface area contributed by atoms with Gasteiger partial charge in [-0.2, -0.15) is 0 Å². The van der Waals surface area contributed by atoms with Crippen molar-refractivity contribution in [2.45, 2.75) is 39.1 Å². The van der Waals surface area contributed by atoms with Gasteiger partial charge in [-0.05, 0) is 29.5 Å². The number of hydrogen-bond acceptors (Lipinski definition) is 4. The van der Waals surface area contributed by atoms with E-state index in [9.17, 15) is 13.5 Å². The lowest BCUT2D eigenvalue weighted by Crippen LogP contribution is -2.10. The van der Waals surface area contributed by atoms with Gasteiger partial charge in [-0.1, -0.05) is 25.1 Å². The van der Waals surface area contributed by atoms with Gasteiger partial charge in [0.15, 0.2) is 0 Å². The summed E-state index contributed by atoms with van der Waals surface area (Å²) in [6.45, 7) is 2.88. The molecule has 19 heavy (non-hydrogen) atoms. The van der Waals surface area contributed by atoms with Crippen molar-refractivity contribution in [1.29, 1.82) is 0 Å². The molecule has 1 unspecified atom stereocenters. The maximum atomic E-state index is 11.4. The van der Waals surface area contributed by atoms with Crippen molar-refractivity contribution in [2.24, 2.45) is 0 Å². The van der Waals surface area contributed by atoms with Crippen molar-refractivity contribution in [3.05, 3.63) is 34.9 Å². The minimum atomic E-state index is -2.94. The number of aliphatic hydroxyl groups is 1. The van der Waals surface area contributed by atoms with Crippen LogP contribution in [0.15, 0.2) is 18.2 Å². The molecule has 0 spiro atoms. The minimum absolute atomic E-state index is 0.147. The first-order chi connectivity index (χ1) is 9.02. The highest BCUT2D eigenvalue weighted by atomic mass is 32.2. The van der Waals surface area contributed by atoms with Gasteiger partial charge >= 0.3 is 0 Å². The molecule has 5 heteroatoms. The van der Waals surface area contributed by atoms with E-state index in [-0.39, 0.29) is 11.5 Å². The Morgan fingerprint density at radius 1 is 1.32 bits per heavy atom. The predicted octanol–water partition coefficient (Wildman–Crippen LogP) is 1.97. The summed E-state index contributed by atoms with van der Waals surface area (Å²) in [5, 5.41) is 10.1. The highest BCUT2D eigenvalue weighted by Gasteiger charge is 2.15. The lowest BCUT2D eigenvalue weighted by Gasteiger charge is -2.12. The van der Waals surface area contributed by atoms with E-state index in [0.29, 0.717) is 26.1 Å². The second-order valence-electron chi connectivity index (χ2n) is 4.92. The number of rotatable bonds is 6. The molecule has 4 nitrogen and oxygen atoms in total. The van der Waals surface area contributed by atoms with Gasteiger partial charge in [-0.25, -0.2) is 8.42 Å². The molecule has 0 fully saturated rings. The maximum Gasteiger partial charge on any atom is 0.150 e. The zero-order valence-corrected chi connectivity index (χ0v) is 11.9. The number of aliphatic hydroxyl groups excluding tert-OH is 1. The smallest absolute Gasteiger partial charge is 0.150 e. The SMILES string of the molecule is CCS(=O)(=O)CCCC(O)c1ccc2c(c1)COC2. The molecule has 0 amide bonds. The quantitative estimate of drug-likeness (QED) is 0.867. The van der Waals surface area contributed by atoms with Crippen LogP contribution < -0.4 is 0 Å². The van der Waals surface area contributed by atoms with Crippen LogP contribution in [0.5, 0.6) is 0 Å². The summed E-state index contributed by atoms with van der Waals surface area (Å²) in [4.78, 5) is 0. The van der Waals surface area contributed by atoms with Gasteiger partial charge in [-0.3, -0.25) is 0 Å². The van der Waals surface area contributed by atoms with Gasteiger partial charge in [0.2, 0.25) is 0 Å². The molecule has 2 rings (SSSR count). The lowest BCUT2D eigenvalue weighted by atomic mass is 10.0. The van der Waals surface area contributed by atoms with E-state index in [1.54, 1.807) is 6.92 Å². The van der Waals surface area contributed by atoms with Gasteiger partial charge < -0.3 is 9.84 Å². The first kappa shape index (κ1) is 14.5. The van der Waals surface area contributed by atoms with Crippen LogP contribution in [0.25, 0.3) is 0 Å². The number of fused-ring (bicyclic) bond motifs is 1. The van der Waals surface area contributed by atoms with Crippen LogP contribution in [0.3, 0.4) is 0 Å². The molecule has 0 saturated heterocycles. The van der Waals surface area contributed by atoms with E-state index in [2.05, 4.69) is 0 Å². The Labute approximate surface area is 114 Å². The highest BCUT2D eigenvalue weighted by molar-refractivity contribution is 7.91. The third-order valence-corrected chi connectivity index (χ3v) is 5.29. The van der Waals surface area contributed by atoms with E-state index >= 15 is 0 Å². The molecular formula is C14H20O4S. The van der Waals surface area contributed by atoms with Crippen molar-refractivity contribution in [3.63, 3.8) is 0 Å². The molecule has 1 heterocycles. The minimum Gasteiger partial charge on any atom is -0.388 e. The molecule has 1 N–H and O–H groups in total. The number of ether oxygens (including phenoxy) is 1. The Bertz CT molecular complexity index is 536. The summed E-state index contributed by atoms with van der Waals surface area (Å²) in [6.07, 6.45) is 0.363. The molecule has 0 aliphatic carbocycles. The van der Waals surface area contributed by atoms with E-state index in [1.807, 2.05) is 18.2 Å². The maximum absolute atomic E-state index is 11.4. The molecule has 0 bridgehead atoms. The van der Waals surface area contributed by atoms with Gasteiger partial charge in [0.05, 0.1) is 25.1 Å². The molecule has 1 aromatic rings. The van der Waals surface area contributed by atoms with Crippen LogP contribution in [0.4, 0.5) is 0 Å². The first-order valence-corrected chi connectivity index (χ1v) is 8.42. The molecule has 0 radical (unpaired) electrons. The molecule has 1 aliphatic rings. The molecule has 0 saturated carbocycles. The summed E-state index contributed by atoms with van der Waals surface area (Å²) in [5.41, 5.74) is 3.14. The van der Waals surface area contributed by atoms with Crippen molar-refractivity contribution in [1.82, 2.24) is 0 Å². The van der Waals surface area contributed by atoms with Crippen LogP contribution in [0, 0.1) is 0 Å². The largest absolute Gasteiger partial charge is 0.388 e. The Morgan fingerprint density at radius 2 is 2.05 bits per heavy atom. The second kappa shape index (κ2) is 6.03. The number of sulfone groups is 1. The molecule has 106 valence electrons. The second-order valence-corrected chi connectivity index (χ2v) is 7.39. The van der Waals surface area contributed by atoms with E-state index in [0.717, 1.165) is 11.1 Å². The third kappa shape index (κ3) is 3.78. The van der Waals surface area contributed by atoms with E-state index in [4.69, 9.17) is 4.74 Å². The highest BCUT2D eigenvalue weighted by Crippen LogP contribution is 2.26. The standard InChI is InChI=1S/C14H20O4S/c1-2-19(16,17)7-3-4-14(15)11-5-6-12-9-18-10-13(12)8-11/h5-6,8,14-15H,2-4,7,9-10H2,1H3. The van der Waals surface area contributed by atoms with Gasteiger partial charge in [0.25, 0.3) is 0 Å². The van der Waals surface area contributed by atoms with Crippen molar-refractivity contribution in [2.75, 3.05) is 11.5 Å². The summed E-state index contributed by atoms with van der Waals surface area (Å²) in [5.74, 6) is 0.313. The number of benzene rings is 1. The third-order valence-electron chi connectivity index (χ3n) is 3.50. The fourth-order valence-electron chi connectivity index (χ4n) is 2.21. The Kier molecular flexibility index (Phi) is 4.60. The zero-order valence-electron chi connectivity index (χ0n) is 11.1. The zero-order chi connectivity index (χ0) is 13.9. The van der Waals surface area contributed by atoms with Crippen LogP contribution in [-0.4, -0.2) is 25.0 Å². The molecule has 1 aromatic carbocycles. The fourth-order valence-corrected chi connectivity index (χ4v) is 3.10. The number of hydrogen-bond donors (Lipinski definition) is 1. The molecule has 1 aliphatic heterocycles.